The van der Waals surface area contributed by atoms with Crippen LogP contribution < -0.4 is 5.32 Å². The van der Waals surface area contributed by atoms with E-state index in [1.54, 1.807) is 0 Å². The van der Waals surface area contributed by atoms with Crippen LogP contribution in [-0.4, -0.2) is 16.7 Å². The molecule has 0 radical (unpaired) electrons. The van der Waals surface area contributed by atoms with Crippen LogP contribution in [0.25, 0.3) is 0 Å². The topological polar surface area (TPSA) is 12.0 Å². The fourth-order valence-electron chi connectivity index (χ4n) is 2.28. The Kier molecular flexibility index (Phi) is 2.39. The van der Waals surface area contributed by atoms with Crippen LogP contribution in [0.2, 0.25) is 0 Å². The SMILES string of the molecule is CC1(C)CSC(C2CCCC2)N1. The second-order valence-corrected chi connectivity index (χ2v) is 5.93. The third kappa shape index (κ3) is 1.80. The molecule has 2 rings (SSSR count). The van der Waals surface area contributed by atoms with Gasteiger partial charge in [0.2, 0.25) is 0 Å². The number of thioether (sulfide) groups is 1. The van der Waals surface area contributed by atoms with E-state index in [1.807, 2.05) is 0 Å². The van der Waals surface area contributed by atoms with Crippen LogP contribution in [-0.2, 0) is 0 Å². The molecule has 2 heteroatoms. The lowest BCUT2D eigenvalue weighted by molar-refractivity contribution is 0.378. The zero-order chi connectivity index (χ0) is 8.60. The molecular formula is C10H19NS. The van der Waals surface area contributed by atoms with Gasteiger partial charge in [0.05, 0.1) is 5.37 Å². The van der Waals surface area contributed by atoms with Crippen molar-refractivity contribution in [2.24, 2.45) is 5.92 Å². The maximum Gasteiger partial charge on any atom is 0.0565 e. The molecule has 1 saturated carbocycles. The fraction of sp³-hybridized carbons (Fsp3) is 1.00. The zero-order valence-electron chi connectivity index (χ0n) is 8.10. The molecule has 0 amide bonds. The Balaban J connectivity index is 1.90. The van der Waals surface area contributed by atoms with Crippen LogP contribution in [0.15, 0.2) is 0 Å². The number of hydrogen-bond donors (Lipinski definition) is 1. The predicted octanol–water partition coefficient (Wildman–Crippen LogP) is 2.62. The third-order valence-corrected chi connectivity index (χ3v) is 4.73. The molecule has 0 aromatic heterocycles. The molecule has 0 aromatic carbocycles. The molecule has 0 spiro atoms. The minimum absolute atomic E-state index is 0.387. The average Bonchev–Trinajstić information content (AvgIpc) is 2.55. The molecule has 0 aromatic rings. The smallest absolute Gasteiger partial charge is 0.0565 e. The minimum Gasteiger partial charge on any atom is -0.299 e. The summed E-state index contributed by atoms with van der Waals surface area (Å²) in [5, 5.41) is 4.50. The second kappa shape index (κ2) is 3.22. The van der Waals surface area contributed by atoms with Crippen LogP contribution in [0.3, 0.4) is 0 Å². The summed E-state index contributed by atoms with van der Waals surface area (Å²) in [6.45, 7) is 4.63. The summed E-state index contributed by atoms with van der Waals surface area (Å²) in [6, 6.07) is 0. The highest BCUT2D eigenvalue weighted by molar-refractivity contribution is 8.00. The van der Waals surface area contributed by atoms with Crippen molar-refractivity contribution in [1.82, 2.24) is 5.32 Å². The van der Waals surface area contributed by atoms with Gasteiger partial charge in [-0.25, -0.2) is 0 Å². The predicted molar refractivity (Wildman–Crippen MR) is 55.4 cm³/mol. The molecule has 2 fully saturated rings. The summed E-state index contributed by atoms with van der Waals surface area (Å²) in [6.07, 6.45) is 5.84. The summed E-state index contributed by atoms with van der Waals surface area (Å²) in [4.78, 5) is 0. The molecule has 0 bridgehead atoms. The normalized spacial score (nSPS) is 36.0. The molecule has 1 nitrogen and oxygen atoms in total. The van der Waals surface area contributed by atoms with E-state index in [2.05, 4.69) is 30.9 Å². The molecule has 1 atom stereocenters. The fourth-order valence-corrected chi connectivity index (χ4v) is 3.91. The van der Waals surface area contributed by atoms with Gasteiger partial charge in [-0.3, -0.25) is 5.32 Å². The molecule has 1 aliphatic heterocycles. The molecule has 1 N–H and O–H groups in total. The van der Waals surface area contributed by atoms with Crippen LogP contribution in [0.1, 0.15) is 39.5 Å². The van der Waals surface area contributed by atoms with Gasteiger partial charge < -0.3 is 0 Å². The van der Waals surface area contributed by atoms with Crippen molar-refractivity contribution in [3.8, 4) is 0 Å². The lowest BCUT2D eigenvalue weighted by atomic mass is 10.0. The van der Waals surface area contributed by atoms with Crippen molar-refractivity contribution in [3.63, 3.8) is 0 Å². The van der Waals surface area contributed by atoms with Gasteiger partial charge in [-0.05, 0) is 32.6 Å². The zero-order valence-corrected chi connectivity index (χ0v) is 8.91. The maximum atomic E-state index is 3.74. The number of nitrogens with one attached hydrogen (secondary N) is 1. The summed E-state index contributed by atoms with van der Waals surface area (Å²) < 4.78 is 0. The van der Waals surface area contributed by atoms with Gasteiger partial charge in [-0.2, -0.15) is 0 Å². The first kappa shape index (κ1) is 8.89. The van der Waals surface area contributed by atoms with E-state index in [1.165, 1.54) is 31.4 Å². The van der Waals surface area contributed by atoms with Gasteiger partial charge in [0, 0.05) is 11.3 Å². The van der Waals surface area contributed by atoms with Gasteiger partial charge in [-0.1, -0.05) is 12.8 Å². The van der Waals surface area contributed by atoms with Gasteiger partial charge in [0.15, 0.2) is 0 Å². The molecule has 1 aliphatic carbocycles. The van der Waals surface area contributed by atoms with E-state index in [0.29, 0.717) is 5.54 Å². The molecular weight excluding hydrogens is 166 g/mol. The first-order valence-corrected chi connectivity index (χ1v) is 6.12. The maximum absolute atomic E-state index is 3.74. The van der Waals surface area contributed by atoms with E-state index in [0.717, 1.165) is 11.3 Å². The summed E-state index contributed by atoms with van der Waals surface area (Å²) in [5.74, 6) is 2.26. The number of hydrogen-bond acceptors (Lipinski definition) is 2. The van der Waals surface area contributed by atoms with Crippen molar-refractivity contribution in [3.05, 3.63) is 0 Å². The van der Waals surface area contributed by atoms with E-state index in [-0.39, 0.29) is 0 Å². The van der Waals surface area contributed by atoms with Gasteiger partial charge in [-0.15, -0.1) is 11.8 Å². The first-order valence-electron chi connectivity index (χ1n) is 5.07. The van der Waals surface area contributed by atoms with Crippen LogP contribution in [0.5, 0.6) is 0 Å². The minimum atomic E-state index is 0.387. The Hall–Kier alpha value is 0.310. The Bertz CT molecular complexity index is 161. The van der Waals surface area contributed by atoms with Crippen LogP contribution in [0.4, 0.5) is 0 Å². The summed E-state index contributed by atoms with van der Waals surface area (Å²) in [7, 11) is 0. The quantitative estimate of drug-likeness (QED) is 0.674. The molecule has 1 heterocycles. The van der Waals surface area contributed by atoms with E-state index in [4.69, 9.17) is 0 Å². The molecule has 2 aliphatic rings. The highest BCUT2D eigenvalue weighted by Crippen LogP contribution is 2.38. The molecule has 12 heavy (non-hydrogen) atoms. The Morgan fingerprint density at radius 1 is 1.25 bits per heavy atom. The highest BCUT2D eigenvalue weighted by Gasteiger charge is 2.35. The van der Waals surface area contributed by atoms with E-state index < -0.39 is 0 Å². The Labute approximate surface area is 79.7 Å². The van der Waals surface area contributed by atoms with Crippen molar-refractivity contribution in [1.29, 1.82) is 0 Å². The monoisotopic (exact) mass is 185 g/mol. The summed E-state index contributed by atoms with van der Waals surface area (Å²) >= 11 is 2.14. The van der Waals surface area contributed by atoms with Gasteiger partial charge >= 0.3 is 0 Å². The Morgan fingerprint density at radius 2 is 1.92 bits per heavy atom. The van der Waals surface area contributed by atoms with E-state index in [9.17, 15) is 0 Å². The van der Waals surface area contributed by atoms with Crippen LogP contribution >= 0.6 is 11.8 Å². The lowest BCUT2D eigenvalue weighted by Crippen LogP contribution is -2.41. The molecule has 70 valence electrons. The van der Waals surface area contributed by atoms with Crippen molar-refractivity contribution in [2.45, 2.75) is 50.4 Å². The van der Waals surface area contributed by atoms with Crippen molar-refractivity contribution < 1.29 is 0 Å². The summed E-state index contributed by atoms with van der Waals surface area (Å²) in [5.41, 5.74) is 0.387. The van der Waals surface area contributed by atoms with Gasteiger partial charge in [0.1, 0.15) is 0 Å². The molecule has 1 unspecified atom stereocenters. The highest BCUT2D eigenvalue weighted by atomic mass is 32.2. The largest absolute Gasteiger partial charge is 0.299 e. The average molecular weight is 185 g/mol. The Morgan fingerprint density at radius 3 is 2.42 bits per heavy atom. The lowest BCUT2D eigenvalue weighted by Gasteiger charge is -2.22. The number of rotatable bonds is 1. The second-order valence-electron chi connectivity index (χ2n) is 4.80. The standard InChI is InChI=1S/C10H19NS/c1-10(2)7-12-9(11-10)8-5-3-4-6-8/h8-9,11H,3-7H2,1-2H3. The van der Waals surface area contributed by atoms with Crippen molar-refractivity contribution >= 4 is 11.8 Å². The van der Waals surface area contributed by atoms with Crippen molar-refractivity contribution in [2.75, 3.05) is 5.75 Å². The van der Waals surface area contributed by atoms with Gasteiger partial charge in [0.25, 0.3) is 0 Å². The van der Waals surface area contributed by atoms with Crippen LogP contribution in [0, 0.1) is 5.92 Å². The third-order valence-electron chi connectivity index (χ3n) is 2.98. The molecule has 1 saturated heterocycles. The first-order chi connectivity index (χ1) is 5.67. The van der Waals surface area contributed by atoms with E-state index >= 15 is 0 Å².